The molecule has 1 heterocycles. The molecule has 0 radical (unpaired) electrons. The number of amides is 2. The summed E-state index contributed by atoms with van der Waals surface area (Å²) in [5, 5.41) is 27.9. The Labute approximate surface area is 549 Å². The van der Waals surface area contributed by atoms with E-state index in [0.717, 1.165) is 50.1 Å². The number of aromatic nitrogens is 2. The van der Waals surface area contributed by atoms with E-state index in [1.54, 1.807) is 109 Å². The van der Waals surface area contributed by atoms with Gasteiger partial charge < -0.3 is 35.3 Å². The van der Waals surface area contributed by atoms with Crippen molar-refractivity contribution in [2.75, 3.05) is 30.9 Å². The van der Waals surface area contributed by atoms with Crippen molar-refractivity contribution in [3.8, 4) is 34.4 Å². The van der Waals surface area contributed by atoms with Crippen LogP contribution >= 0.6 is 58.0 Å². The maximum Gasteiger partial charge on any atom is 0.262 e. The number of fused-ring (bicyclic) bond motifs is 1. The van der Waals surface area contributed by atoms with Gasteiger partial charge in [0.15, 0.2) is 23.9 Å². The van der Waals surface area contributed by atoms with E-state index in [0.29, 0.717) is 70.9 Å². The van der Waals surface area contributed by atoms with Gasteiger partial charge in [-0.25, -0.2) is 4.98 Å². The predicted octanol–water partition coefficient (Wildman–Crippen LogP) is 19.4. The number of ketones is 1. The molecule has 0 atom stereocenters. The lowest BCUT2D eigenvalue weighted by molar-refractivity contribution is -0.118. The summed E-state index contributed by atoms with van der Waals surface area (Å²) in [6.07, 6.45) is 6.53. The molecular weight excluding hydrogens is 1240 g/mol. The fraction of sp³-hybridized carbons (Fsp3) is 0.139. The zero-order chi connectivity index (χ0) is 64.0. The number of carbonyl (C=O) groups excluding carboxylic acids is 3. The molecule has 0 saturated carbocycles. The number of hydrogen-bond acceptors (Lipinski definition) is 10. The number of ether oxygens (including phenoxy) is 2. The second-order valence-electron chi connectivity index (χ2n) is 20.3. The number of para-hydroxylation sites is 1. The summed E-state index contributed by atoms with van der Waals surface area (Å²) in [6, 6.07) is 56.5. The molecule has 1 aromatic heterocycles. The molecule has 10 aromatic rings. The Hall–Kier alpha value is -9.21. The molecule has 10 rings (SSSR count). The normalized spacial score (nSPS) is 10.8. The number of anilines is 2. The predicted molar refractivity (Wildman–Crippen MR) is 372 cm³/mol. The van der Waals surface area contributed by atoms with Gasteiger partial charge in [0, 0.05) is 61.6 Å². The van der Waals surface area contributed by atoms with Gasteiger partial charge in [-0.1, -0.05) is 158 Å². The Bertz CT molecular complexity index is 4190. The fourth-order valence-corrected chi connectivity index (χ4v) is 9.46. The van der Waals surface area contributed by atoms with E-state index in [9.17, 15) is 24.6 Å². The topological polar surface area (TPSA) is 188 Å². The maximum absolute atomic E-state index is 12.0. The molecule has 0 aliphatic carbocycles. The molecule has 0 aliphatic heterocycles. The minimum absolute atomic E-state index is 0. The number of phenols is 2. The molecular formula is C72H67Cl5N6O7. The number of carbonyl (C=O) groups is 3. The highest BCUT2D eigenvalue weighted by molar-refractivity contribution is 6.36. The highest BCUT2D eigenvalue weighted by atomic mass is 35.5. The number of Topliss-reactive ketones (excluding diaryl/α,β-unsaturated/α-hetero) is 1. The van der Waals surface area contributed by atoms with E-state index in [1.165, 1.54) is 25.0 Å². The number of nitrogens with zero attached hydrogens (tertiary/aromatic N) is 3. The van der Waals surface area contributed by atoms with E-state index < -0.39 is 0 Å². The first-order chi connectivity index (χ1) is 42.7. The van der Waals surface area contributed by atoms with Crippen molar-refractivity contribution in [2.24, 2.45) is 9.98 Å². The third-order valence-electron chi connectivity index (χ3n) is 13.0. The molecule has 0 aliphatic rings. The summed E-state index contributed by atoms with van der Waals surface area (Å²) in [4.78, 5) is 52.0. The van der Waals surface area contributed by atoms with Crippen molar-refractivity contribution in [2.45, 2.75) is 48.0 Å². The van der Waals surface area contributed by atoms with Crippen LogP contribution in [0.2, 0.25) is 25.1 Å². The molecule has 0 fully saturated rings. The quantitative estimate of drug-likeness (QED) is 0.0359. The van der Waals surface area contributed by atoms with Crippen LogP contribution in [0.15, 0.2) is 204 Å². The Morgan fingerprint density at radius 3 is 1.96 bits per heavy atom. The summed E-state index contributed by atoms with van der Waals surface area (Å²) in [7, 11) is 1.51. The molecule has 18 heteroatoms. The number of aromatic hydroxyl groups is 2. The Balaban J connectivity index is 0.000000193. The minimum atomic E-state index is -0.274. The number of H-pyrrole nitrogens is 1. The average Bonchev–Trinajstić information content (AvgIpc) is 1.85. The number of halogens is 5. The number of aryl methyl sites for hydroxylation is 3. The van der Waals surface area contributed by atoms with Crippen LogP contribution in [0.5, 0.6) is 23.0 Å². The summed E-state index contributed by atoms with van der Waals surface area (Å²) in [5.41, 5.74) is 11.7. The Morgan fingerprint density at radius 1 is 0.644 bits per heavy atom. The number of rotatable bonds is 16. The number of aromatic amines is 1. The molecule has 462 valence electrons. The van der Waals surface area contributed by atoms with Crippen LogP contribution in [0.3, 0.4) is 0 Å². The summed E-state index contributed by atoms with van der Waals surface area (Å²) in [6.45, 7) is 9.98. The second kappa shape index (κ2) is 34.5. The van der Waals surface area contributed by atoms with Crippen LogP contribution in [0.1, 0.15) is 76.5 Å². The lowest BCUT2D eigenvalue weighted by Crippen LogP contribution is -2.20. The van der Waals surface area contributed by atoms with Gasteiger partial charge in [0.1, 0.15) is 23.9 Å². The monoisotopic (exact) mass is 1300 g/mol. The standard InChI is InChI=1S/C21H15Cl2N3O2.C18H18ClNO.C17H17NO2.C15H13Cl2NO2.CH4/c1-28-20-7-2-12(8-19(20)27)11-24-14-4-6-17-18(10-14)26-21(25-17)15-5-3-13(22)9-16(15)23;1-13(2)15-9-6-14(7-10-15)8-11-18(21)20-17-5-3-4-16(19)12-17;1-12-5-3-7-14(9-12)16(19)11-18-10-15-8-4-6-13(2)17(15)20;1-10-5-6-14(13(17)7-10)20-9-15(19)18-12-4-2-3-11(16)8-12;/h2-11,27H,1H3,(H,25,26);3-13H,1-2H3,(H,20,21);3-10,20H,11H2,1-2H3;2-8H,9H2,1H3,(H,18,19);1H4/b;11-8+;;;. The van der Waals surface area contributed by atoms with Crippen LogP contribution in [0.4, 0.5) is 17.1 Å². The van der Waals surface area contributed by atoms with E-state index in [4.69, 9.17) is 67.5 Å². The van der Waals surface area contributed by atoms with E-state index >= 15 is 0 Å². The van der Waals surface area contributed by atoms with Crippen LogP contribution in [-0.4, -0.2) is 70.5 Å². The van der Waals surface area contributed by atoms with Crippen LogP contribution in [-0.2, 0) is 9.59 Å². The molecule has 2 amide bonds. The zero-order valence-electron chi connectivity index (χ0n) is 49.4. The molecule has 0 unspecified atom stereocenters. The lowest BCUT2D eigenvalue weighted by atomic mass is 10.0. The lowest BCUT2D eigenvalue weighted by Gasteiger charge is -2.09. The molecule has 5 N–H and O–H groups in total. The first-order valence-electron chi connectivity index (χ1n) is 27.7. The Kier molecular flexibility index (Phi) is 26.8. The Morgan fingerprint density at radius 2 is 1.30 bits per heavy atom. The molecule has 13 nitrogen and oxygen atoms in total. The highest BCUT2D eigenvalue weighted by Gasteiger charge is 2.12. The SMILES string of the molecule is C.CC(C)c1ccc(/C=C/C(=O)Nc2cccc(Cl)c2)cc1.COc1ccc(C=Nc2ccc3nc(-c4ccc(Cl)cc4Cl)[nH]c3c2)cc1O.Cc1ccc(OCC(=O)Nc2cccc(Cl)c2)c(Cl)c1.Cc1cccc(C(=O)CN=Cc2cccc(C)c2O)c1. The van der Waals surface area contributed by atoms with Gasteiger partial charge in [-0.2, -0.15) is 0 Å². The third kappa shape index (κ3) is 21.8. The average molecular weight is 1310 g/mol. The number of hydrogen-bond donors (Lipinski definition) is 5. The van der Waals surface area contributed by atoms with Crippen molar-refractivity contribution < 1.29 is 34.1 Å². The first kappa shape index (κ1) is 69.9. The van der Waals surface area contributed by atoms with Crippen LogP contribution < -0.4 is 20.1 Å². The highest BCUT2D eigenvalue weighted by Crippen LogP contribution is 2.32. The largest absolute Gasteiger partial charge is 0.507 e. The van der Waals surface area contributed by atoms with Gasteiger partial charge in [0.2, 0.25) is 5.91 Å². The van der Waals surface area contributed by atoms with Gasteiger partial charge in [0.25, 0.3) is 5.91 Å². The summed E-state index contributed by atoms with van der Waals surface area (Å²) in [5.74, 6) is 1.88. The third-order valence-corrected chi connectivity index (χ3v) is 14.3. The van der Waals surface area contributed by atoms with Crippen LogP contribution in [0.25, 0.3) is 28.5 Å². The molecule has 90 heavy (non-hydrogen) atoms. The number of benzene rings is 9. The number of imidazole rings is 1. The van der Waals surface area contributed by atoms with Crippen molar-refractivity contribution in [1.29, 1.82) is 0 Å². The van der Waals surface area contributed by atoms with E-state index in [-0.39, 0.29) is 49.7 Å². The van der Waals surface area contributed by atoms with E-state index in [1.807, 2.05) is 99.6 Å². The molecule has 0 saturated heterocycles. The van der Waals surface area contributed by atoms with Gasteiger partial charge in [0.05, 0.1) is 33.9 Å². The number of aliphatic imine (C=N–C) groups is 2. The smallest absolute Gasteiger partial charge is 0.262 e. The number of phenolic OH excluding ortho intramolecular Hbond substituents is 2. The maximum atomic E-state index is 12.0. The van der Waals surface area contributed by atoms with Gasteiger partial charge in [-0.3, -0.25) is 24.4 Å². The summed E-state index contributed by atoms with van der Waals surface area (Å²) < 4.78 is 10.4. The van der Waals surface area contributed by atoms with Crippen LogP contribution in [0, 0.1) is 20.8 Å². The second-order valence-corrected chi connectivity index (χ2v) is 22.4. The zero-order valence-corrected chi connectivity index (χ0v) is 53.1. The first-order valence-corrected chi connectivity index (χ1v) is 29.6. The number of nitrogens with one attached hydrogen (secondary N) is 3. The van der Waals surface area contributed by atoms with E-state index in [2.05, 4.69) is 56.6 Å². The van der Waals surface area contributed by atoms with Gasteiger partial charge >= 0.3 is 0 Å². The number of methoxy groups -OCH3 is 1. The fourth-order valence-electron chi connectivity index (χ4n) is 8.29. The molecule has 0 bridgehead atoms. The van der Waals surface area contributed by atoms with Crippen molar-refractivity contribution >= 4 is 122 Å². The summed E-state index contributed by atoms with van der Waals surface area (Å²) >= 11 is 30.0. The van der Waals surface area contributed by atoms with Crippen molar-refractivity contribution in [3.05, 3.63) is 264 Å². The van der Waals surface area contributed by atoms with Crippen molar-refractivity contribution in [1.82, 2.24) is 9.97 Å². The van der Waals surface area contributed by atoms with Crippen molar-refractivity contribution in [3.63, 3.8) is 0 Å². The van der Waals surface area contributed by atoms with Gasteiger partial charge in [-0.15, -0.1) is 0 Å². The molecule has 9 aromatic carbocycles. The van der Waals surface area contributed by atoms with Gasteiger partial charge in [-0.05, 0) is 176 Å². The molecule has 0 spiro atoms. The minimum Gasteiger partial charge on any atom is -0.507 e.